The Bertz CT molecular complexity index is 386. The maximum atomic E-state index is 5.75. The zero-order chi connectivity index (χ0) is 12.3. The molecule has 0 radical (unpaired) electrons. The van der Waals surface area contributed by atoms with Crippen molar-refractivity contribution in [2.45, 2.75) is 31.1 Å². The van der Waals surface area contributed by atoms with Crippen LogP contribution in [0.5, 0.6) is 11.5 Å². The van der Waals surface area contributed by atoms with Crippen molar-refractivity contribution in [1.29, 1.82) is 0 Å². The highest BCUT2D eigenvalue weighted by molar-refractivity contribution is 5.51. The molecule has 0 atom stereocenters. The van der Waals surface area contributed by atoms with Crippen molar-refractivity contribution in [2.75, 3.05) is 20.8 Å². The Labute approximate surface area is 103 Å². The van der Waals surface area contributed by atoms with Gasteiger partial charge in [0.05, 0.1) is 14.2 Å². The van der Waals surface area contributed by atoms with E-state index in [1.54, 1.807) is 14.2 Å². The lowest BCUT2D eigenvalue weighted by Crippen LogP contribution is -2.36. The Kier molecular flexibility index (Phi) is 3.57. The van der Waals surface area contributed by atoms with E-state index in [9.17, 15) is 0 Å². The molecule has 0 amide bonds. The van der Waals surface area contributed by atoms with Gasteiger partial charge in [0.15, 0.2) is 11.5 Å². The third kappa shape index (κ3) is 2.00. The SMILES string of the molecule is COc1cccc(C2(CCN)CCC2)c1OC. The van der Waals surface area contributed by atoms with Gasteiger partial charge in [-0.05, 0) is 31.9 Å². The quantitative estimate of drug-likeness (QED) is 0.852. The zero-order valence-corrected chi connectivity index (χ0v) is 10.7. The van der Waals surface area contributed by atoms with Gasteiger partial charge in [-0.2, -0.15) is 0 Å². The molecule has 1 aliphatic carbocycles. The minimum absolute atomic E-state index is 0.217. The Morgan fingerprint density at radius 3 is 2.47 bits per heavy atom. The fraction of sp³-hybridized carbons (Fsp3) is 0.571. The molecular formula is C14H21NO2. The van der Waals surface area contributed by atoms with Crippen LogP contribution in [-0.2, 0) is 5.41 Å². The van der Waals surface area contributed by atoms with Gasteiger partial charge >= 0.3 is 0 Å². The molecule has 1 aromatic carbocycles. The van der Waals surface area contributed by atoms with Crippen molar-refractivity contribution in [2.24, 2.45) is 5.73 Å². The van der Waals surface area contributed by atoms with Gasteiger partial charge < -0.3 is 15.2 Å². The highest BCUT2D eigenvalue weighted by Gasteiger charge is 2.40. The first kappa shape index (κ1) is 12.2. The van der Waals surface area contributed by atoms with Crippen LogP contribution in [-0.4, -0.2) is 20.8 Å². The lowest BCUT2D eigenvalue weighted by Gasteiger charge is -2.43. The van der Waals surface area contributed by atoms with Crippen LogP contribution in [0.1, 0.15) is 31.2 Å². The third-order valence-corrected chi connectivity index (χ3v) is 3.91. The van der Waals surface area contributed by atoms with E-state index in [-0.39, 0.29) is 5.41 Å². The average molecular weight is 235 g/mol. The molecule has 0 saturated heterocycles. The molecule has 0 spiro atoms. The van der Waals surface area contributed by atoms with Crippen molar-refractivity contribution in [3.63, 3.8) is 0 Å². The molecule has 2 rings (SSSR count). The molecular weight excluding hydrogens is 214 g/mol. The van der Waals surface area contributed by atoms with Gasteiger partial charge in [-0.1, -0.05) is 18.6 Å². The second kappa shape index (κ2) is 4.96. The first-order chi connectivity index (χ1) is 8.27. The van der Waals surface area contributed by atoms with Crippen LogP contribution < -0.4 is 15.2 Å². The molecule has 1 aromatic rings. The van der Waals surface area contributed by atoms with Gasteiger partial charge in [0, 0.05) is 11.0 Å². The van der Waals surface area contributed by atoms with Crippen LogP contribution in [0.2, 0.25) is 0 Å². The predicted octanol–water partition coefficient (Wildman–Crippen LogP) is 2.47. The second-order valence-corrected chi connectivity index (χ2v) is 4.71. The summed E-state index contributed by atoms with van der Waals surface area (Å²) in [6.07, 6.45) is 4.71. The largest absolute Gasteiger partial charge is 0.493 e. The van der Waals surface area contributed by atoms with Crippen molar-refractivity contribution in [1.82, 2.24) is 0 Å². The molecule has 2 N–H and O–H groups in total. The molecule has 0 bridgehead atoms. The maximum absolute atomic E-state index is 5.75. The minimum Gasteiger partial charge on any atom is -0.493 e. The molecule has 1 fully saturated rings. The lowest BCUT2D eigenvalue weighted by molar-refractivity contribution is 0.219. The second-order valence-electron chi connectivity index (χ2n) is 4.71. The number of para-hydroxylation sites is 1. The first-order valence-electron chi connectivity index (χ1n) is 6.19. The highest BCUT2D eigenvalue weighted by Crippen LogP contribution is 2.51. The molecule has 17 heavy (non-hydrogen) atoms. The Morgan fingerprint density at radius 2 is 2.00 bits per heavy atom. The van der Waals surface area contributed by atoms with Crippen molar-refractivity contribution >= 4 is 0 Å². The van der Waals surface area contributed by atoms with E-state index in [0.29, 0.717) is 0 Å². The third-order valence-electron chi connectivity index (χ3n) is 3.91. The normalized spacial score (nSPS) is 17.4. The van der Waals surface area contributed by atoms with E-state index in [1.807, 2.05) is 12.1 Å². The van der Waals surface area contributed by atoms with E-state index in [2.05, 4.69) is 6.07 Å². The van der Waals surface area contributed by atoms with Gasteiger partial charge in [0.2, 0.25) is 0 Å². The molecule has 3 heteroatoms. The summed E-state index contributed by atoms with van der Waals surface area (Å²) in [6, 6.07) is 6.13. The summed E-state index contributed by atoms with van der Waals surface area (Å²) in [5.74, 6) is 1.69. The van der Waals surface area contributed by atoms with Crippen LogP contribution >= 0.6 is 0 Å². The van der Waals surface area contributed by atoms with E-state index in [1.165, 1.54) is 24.8 Å². The van der Waals surface area contributed by atoms with Gasteiger partial charge in [-0.3, -0.25) is 0 Å². The number of hydrogen-bond acceptors (Lipinski definition) is 3. The number of hydrogen-bond donors (Lipinski definition) is 1. The molecule has 94 valence electrons. The smallest absolute Gasteiger partial charge is 0.164 e. The summed E-state index contributed by atoms with van der Waals surface area (Å²) in [5, 5.41) is 0. The lowest BCUT2D eigenvalue weighted by atomic mass is 9.62. The molecule has 1 aliphatic rings. The summed E-state index contributed by atoms with van der Waals surface area (Å²) >= 11 is 0. The van der Waals surface area contributed by atoms with Crippen LogP contribution in [0.4, 0.5) is 0 Å². The standard InChI is InChI=1S/C14H21NO2/c1-16-12-6-3-5-11(13(12)17-2)14(9-10-15)7-4-8-14/h3,5-6H,4,7-10,15H2,1-2H3. The Balaban J connectivity index is 2.43. The number of ether oxygens (including phenoxy) is 2. The molecule has 0 aliphatic heterocycles. The van der Waals surface area contributed by atoms with Crippen LogP contribution in [0.25, 0.3) is 0 Å². The number of rotatable bonds is 5. The Morgan fingerprint density at radius 1 is 1.24 bits per heavy atom. The van der Waals surface area contributed by atoms with E-state index in [0.717, 1.165) is 24.5 Å². The summed E-state index contributed by atoms with van der Waals surface area (Å²) in [5.41, 5.74) is 7.23. The highest BCUT2D eigenvalue weighted by atomic mass is 16.5. The summed E-state index contributed by atoms with van der Waals surface area (Å²) in [6.45, 7) is 0.723. The van der Waals surface area contributed by atoms with Crippen LogP contribution in [0.15, 0.2) is 18.2 Å². The monoisotopic (exact) mass is 235 g/mol. The number of benzene rings is 1. The molecule has 0 unspecified atom stereocenters. The van der Waals surface area contributed by atoms with Crippen LogP contribution in [0.3, 0.4) is 0 Å². The topological polar surface area (TPSA) is 44.5 Å². The van der Waals surface area contributed by atoms with Crippen LogP contribution in [0, 0.1) is 0 Å². The number of nitrogens with two attached hydrogens (primary N) is 1. The van der Waals surface area contributed by atoms with Gasteiger partial charge in [0.25, 0.3) is 0 Å². The fourth-order valence-electron chi connectivity index (χ4n) is 2.84. The number of methoxy groups -OCH3 is 2. The van der Waals surface area contributed by atoms with Gasteiger partial charge in [0.1, 0.15) is 0 Å². The molecule has 0 aromatic heterocycles. The fourth-order valence-corrected chi connectivity index (χ4v) is 2.84. The predicted molar refractivity (Wildman–Crippen MR) is 68.7 cm³/mol. The van der Waals surface area contributed by atoms with Gasteiger partial charge in [-0.15, -0.1) is 0 Å². The molecule has 1 saturated carbocycles. The zero-order valence-electron chi connectivity index (χ0n) is 10.7. The first-order valence-corrected chi connectivity index (χ1v) is 6.19. The van der Waals surface area contributed by atoms with Gasteiger partial charge in [-0.25, -0.2) is 0 Å². The average Bonchev–Trinajstić information content (AvgIpc) is 2.32. The molecule has 3 nitrogen and oxygen atoms in total. The summed E-state index contributed by atoms with van der Waals surface area (Å²) < 4.78 is 10.9. The minimum atomic E-state index is 0.217. The van der Waals surface area contributed by atoms with E-state index < -0.39 is 0 Å². The molecule has 0 heterocycles. The van der Waals surface area contributed by atoms with Crippen molar-refractivity contribution in [3.05, 3.63) is 23.8 Å². The van der Waals surface area contributed by atoms with E-state index >= 15 is 0 Å². The maximum Gasteiger partial charge on any atom is 0.164 e. The Hall–Kier alpha value is -1.22. The summed E-state index contributed by atoms with van der Waals surface area (Å²) in [4.78, 5) is 0. The van der Waals surface area contributed by atoms with Crippen molar-refractivity contribution in [3.8, 4) is 11.5 Å². The van der Waals surface area contributed by atoms with E-state index in [4.69, 9.17) is 15.2 Å². The summed E-state index contributed by atoms with van der Waals surface area (Å²) in [7, 11) is 3.38. The van der Waals surface area contributed by atoms with Crippen molar-refractivity contribution < 1.29 is 9.47 Å².